The Kier molecular flexibility index (Phi) is 5.88. The SMILES string of the molecule is Nc1ncnc2c1c(S[C@H]1CCC[C@@H]1O)nn2[C@@H]1O[C@H](COS(N)(=O)=O)[C@@H](O)[C@H]1O. The normalized spacial score (nSPS) is 32.3. The number of anilines is 1. The summed E-state index contributed by atoms with van der Waals surface area (Å²) < 4.78 is 33.4. The Labute approximate surface area is 175 Å². The molecule has 1 saturated heterocycles. The summed E-state index contributed by atoms with van der Waals surface area (Å²) in [5.74, 6) is 0.170. The molecule has 0 aromatic carbocycles. The van der Waals surface area contributed by atoms with Crippen LogP contribution in [0, 0.1) is 0 Å². The molecule has 166 valence electrons. The number of nitrogens with two attached hydrogens (primary N) is 2. The van der Waals surface area contributed by atoms with E-state index in [2.05, 4.69) is 19.2 Å². The Hall–Kier alpha value is -1.59. The molecule has 0 bridgehead atoms. The molecule has 2 aliphatic rings. The van der Waals surface area contributed by atoms with E-state index >= 15 is 0 Å². The maximum Gasteiger partial charge on any atom is 0.333 e. The summed E-state index contributed by atoms with van der Waals surface area (Å²) >= 11 is 1.34. The highest BCUT2D eigenvalue weighted by Gasteiger charge is 2.46. The zero-order chi connectivity index (χ0) is 21.6. The lowest BCUT2D eigenvalue weighted by molar-refractivity contribution is -0.0532. The fourth-order valence-corrected chi connectivity index (χ4v) is 5.28. The minimum atomic E-state index is -4.25. The molecule has 1 aliphatic heterocycles. The number of nitrogens with zero attached hydrogens (tertiary/aromatic N) is 4. The first kappa shape index (κ1) is 21.6. The number of aliphatic hydroxyl groups is 3. The first-order valence-corrected chi connectivity index (χ1v) is 11.5. The molecule has 13 nitrogen and oxygen atoms in total. The number of nitrogen functional groups attached to an aromatic ring is 1. The van der Waals surface area contributed by atoms with E-state index in [4.69, 9.17) is 15.6 Å². The van der Waals surface area contributed by atoms with Gasteiger partial charge in [-0.2, -0.15) is 13.5 Å². The second-order valence-corrected chi connectivity index (χ2v) is 9.63. The highest BCUT2D eigenvalue weighted by molar-refractivity contribution is 8.00. The van der Waals surface area contributed by atoms with Crippen molar-refractivity contribution in [3.8, 4) is 0 Å². The Balaban J connectivity index is 1.66. The van der Waals surface area contributed by atoms with E-state index in [0.717, 1.165) is 12.8 Å². The van der Waals surface area contributed by atoms with Gasteiger partial charge in [-0.05, 0) is 19.3 Å². The maximum atomic E-state index is 11.0. The number of ether oxygens (including phenoxy) is 1. The van der Waals surface area contributed by atoms with E-state index in [0.29, 0.717) is 16.8 Å². The van der Waals surface area contributed by atoms with E-state index < -0.39 is 47.6 Å². The number of hydrogen-bond acceptors (Lipinski definition) is 12. The number of rotatable bonds is 6. The molecule has 2 aromatic heterocycles. The van der Waals surface area contributed by atoms with Crippen molar-refractivity contribution in [2.24, 2.45) is 5.14 Å². The van der Waals surface area contributed by atoms with Gasteiger partial charge in [-0.25, -0.2) is 19.8 Å². The van der Waals surface area contributed by atoms with E-state index in [-0.39, 0.29) is 16.7 Å². The fraction of sp³-hybridized carbons (Fsp3) is 0.667. The van der Waals surface area contributed by atoms with Crippen LogP contribution in [-0.2, 0) is 19.2 Å². The third kappa shape index (κ3) is 4.11. The minimum absolute atomic E-state index is 0.0768. The lowest BCUT2D eigenvalue weighted by atomic mass is 10.1. The Bertz CT molecular complexity index is 1030. The highest BCUT2D eigenvalue weighted by Crippen LogP contribution is 2.40. The molecule has 0 radical (unpaired) electrons. The van der Waals surface area contributed by atoms with Crippen LogP contribution in [0.15, 0.2) is 11.4 Å². The Morgan fingerprint density at radius 1 is 1.27 bits per heavy atom. The summed E-state index contributed by atoms with van der Waals surface area (Å²) in [5.41, 5.74) is 6.29. The highest BCUT2D eigenvalue weighted by atomic mass is 32.2. The van der Waals surface area contributed by atoms with E-state index in [1.165, 1.54) is 22.8 Å². The van der Waals surface area contributed by atoms with Crippen LogP contribution in [0.3, 0.4) is 0 Å². The van der Waals surface area contributed by atoms with Gasteiger partial charge in [0.25, 0.3) is 0 Å². The zero-order valence-corrected chi connectivity index (χ0v) is 17.2. The van der Waals surface area contributed by atoms with Gasteiger partial charge in [0.1, 0.15) is 35.5 Å². The Morgan fingerprint density at radius 3 is 2.70 bits per heavy atom. The van der Waals surface area contributed by atoms with Crippen LogP contribution in [0.25, 0.3) is 11.0 Å². The van der Waals surface area contributed by atoms with Gasteiger partial charge < -0.3 is 25.8 Å². The van der Waals surface area contributed by atoms with Gasteiger partial charge >= 0.3 is 10.3 Å². The van der Waals surface area contributed by atoms with Crippen LogP contribution >= 0.6 is 11.8 Å². The van der Waals surface area contributed by atoms with Crippen molar-refractivity contribution in [3.05, 3.63) is 6.33 Å². The second kappa shape index (κ2) is 8.16. The van der Waals surface area contributed by atoms with Crippen LogP contribution in [0.4, 0.5) is 5.82 Å². The van der Waals surface area contributed by atoms with Crippen LogP contribution in [0.1, 0.15) is 25.5 Å². The molecule has 2 aromatic rings. The molecule has 30 heavy (non-hydrogen) atoms. The number of aliphatic hydroxyl groups excluding tert-OH is 3. The van der Waals surface area contributed by atoms with Gasteiger partial charge in [-0.3, -0.25) is 4.18 Å². The predicted molar refractivity (Wildman–Crippen MR) is 104 cm³/mol. The van der Waals surface area contributed by atoms with Gasteiger partial charge in [-0.15, -0.1) is 0 Å². The molecule has 2 fully saturated rings. The molecule has 4 rings (SSSR count). The van der Waals surface area contributed by atoms with Crippen LogP contribution < -0.4 is 10.9 Å². The molecular weight excluding hydrogens is 440 g/mol. The topological polar surface area (TPSA) is 209 Å². The van der Waals surface area contributed by atoms with Crippen molar-refractivity contribution in [2.45, 2.75) is 60.2 Å². The van der Waals surface area contributed by atoms with Crippen LogP contribution in [0.5, 0.6) is 0 Å². The monoisotopic (exact) mass is 462 g/mol. The molecule has 6 atom stereocenters. The van der Waals surface area contributed by atoms with Gasteiger partial charge in [0.2, 0.25) is 0 Å². The van der Waals surface area contributed by atoms with Crippen molar-refractivity contribution in [3.63, 3.8) is 0 Å². The van der Waals surface area contributed by atoms with Crippen LogP contribution in [-0.4, -0.2) is 79.8 Å². The molecule has 1 aliphatic carbocycles. The first-order valence-electron chi connectivity index (χ1n) is 9.18. The average Bonchev–Trinajstić information content (AvgIpc) is 3.32. The largest absolute Gasteiger partial charge is 0.392 e. The van der Waals surface area contributed by atoms with Gasteiger partial charge in [0, 0.05) is 5.25 Å². The first-order chi connectivity index (χ1) is 14.2. The molecule has 7 N–H and O–H groups in total. The molecule has 3 heterocycles. The number of thioether (sulfide) groups is 1. The van der Waals surface area contributed by atoms with Crippen molar-refractivity contribution in [1.82, 2.24) is 19.7 Å². The average molecular weight is 463 g/mol. The van der Waals surface area contributed by atoms with Crippen molar-refractivity contribution >= 4 is 38.9 Å². The number of fused-ring (bicyclic) bond motifs is 1. The lowest BCUT2D eigenvalue weighted by Gasteiger charge is -2.15. The maximum absolute atomic E-state index is 11.0. The third-order valence-corrected chi connectivity index (χ3v) is 6.97. The Morgan fingerprint density at radius 2 is 2.03 bits per heavy atom. The lowest BCUT2D eigenvalue weighted by Crippen LogP contribution is -2.35. The minimum Gasteiger partial charge on any atom is -0.392 e. The number of aromatic nitrogens is 4. The summed E-state index contributed by atoms with van der Waals surface area (Å²) in [4.78, 5) is 8.18. The number of hydrogen-bond donors (Lipinski definition) is 5. The fourth-order valence-electron chi connectivity index (χ4n) is 3.64. The van der Waals surface area contributed by atoms with E-state index in [1.54, 1.807) is 0 Å². The van der Waals surface area contributed by atoms with E-state index in [9.17, 15) is 23.7 Å². The summed E-state index contributed by atoms with van der Waals surface area (Å²) in [5, 5.41) is 41.0. The molecule has 1 saturated carbocycles. The summed E-state index contributed by atoms with van der Waals surface area (Å²) in [6.45, 7) is -0.584. The van der Waals surface area contributed by atoms with Gasteiger partial charge in [0.05, 0.1) is 18.1 Å². The standard InChI is InChI=1S/C15H22N6O7S2/c16-12-9-13(19-5-18-12)21(20-14(9)29-8-3-1-2-6(8)22)15-11(24)10(23)7(28-15)4-27-30(17,25)26/h5-8,10-11,15,22-24H,1-4H2,(H2,16,18,19)(H2,17,25,26)/t6-,7+,8-,10+,11+,15+/m0/s1. The third-order valence-electron chi connectivity index (χ3n) is 5.14. The molecule has 0 unspecified atom stereocenters. The summed E-state index contributed by atoms with van der Waals surface area (Å²) in [6.07, 6.45) is -2.11. The summed E-state index contributed by atoms with van der Waals surface area (Å²) in [6, 6.07) is 0. The zero-order valence-electron chi connectivity index (χ0n) is 15.6. The van der Waals surface area contributed by atoms with Crippen LogP contribution in [0.2, 0.25) is 0 Å². The quantitative estimate of drug-likeness (QED) is 0.324. The van der Waals surface area contributed by atoms with E-state index in [1.807, 2.05) is 0 Å². The predicted octanol–water partition coefficient (Wildman–Crippen LogP) is -1.75. The summed E-state index contributed by atoms with van der Waals surface area (Å²) in [7, 11) is -4.25. The molecule has 15 heteroatoms. The molecule has 0 amide bonds. The van der Waals surface area contributed by atoms with Crippen molar-refractivity contribution < 1.29 is 32.7 Å². The van der Waals surface area contributed by atoms with Crippen molar-refractivity contribution in [2.75, 3.05) is 12.3 Å². The molecular formula is C15H22N6O7S2. The van der Waals surface area contributed by atoms with Gasteiger partial charge in [0.15, 0.2) is 11.9 Å². The van der Waals surface area contributed by atoms with Gasteiger partial charge in [-0.1, -0.05) is 11.8 Å². The second-order valence-electron chi connectivity index (χ2n) is 7.19. The smallest absolute Gasteiger partial charge is 0.333 e. The van der Waals surface area contributed by atoms with Crippen molar-refractivity contribution in [1.29, 1.82) is 0 Å². The molecule has 0 spiro atoms.